The summed E-state index contributed by atoms with van der Waals surface area (Å²) in [4.78, 5) is 31.1. The van der Waals surface area contributed by atoms with E-state index in [9.17, 15) is 9.59 Å². The van der Waals surface area contributed by atoms with E-state index >= 15 is 0 Å². The molecule has 0 aliphatic carbocycles. The smallest absolute Gasteiger partial charge is 0.247 e. The lowest BCUT2D eigenvalue weighted by atomic mass is 9.93. The molecule has 1 aliphatic rings. The van der Waals surface area contributed by atoms with Crippen molar-refractivity contribution in [3.8, 4) is 0 Å². The van der Waals surface area contributed by atoms with Crippen LogP contribution in [0.25, 0.3) is 6.08 Å². The van der Waals surface area contributed by atoms with Gasteiger partial charge in [-0.2, -0.15) is 0 Å². The van der Waals surface area contributed by atoms with E-state index in [1.165, 1.54) is 16.5 Å². The molecule has 0 N–H and O–H groups in total. The van der Waals surface area contributed by atoms with Gasteiger partial charge in [0.15, 0.2) is 0 Å². The first-order valence-corrected chi connectivity index (χ1v) is 11.6. The summed E-state index contributed by atoms with van der Waals surface area (Å²) in [6, 6.07) is 21.8. The zero-order valence-electron chi connectivity index (χ0n) is 17.9. The van der Waals surface area contributed by atoms with Gasteiger partial charge in [-0.25, -0.2) is 0 Å². The summed E-state index contributed by atoms with van der Waals surface area (Å²) in [5.74, 6) is -0.259. The summed E-state index contributed by atoms with van der Waals surface area (Å²) in [7, 11) is 0. The number of carbonyl (C=O) groups excluding carboxylic acids is 2. The second kappa shape index (κ2) is 10.2. The van der Waals surface area contributed by atoms with E-state index in [-0.39, 0.29) is 24.4 Å². The number of carbonyl (C=O) groups is 2. The van der Waals surface area contributed by atoms with E-state index in [1.807, 2.05) is 53.4 Å². The molecule has 3 aromatic rings. The quantitative estimate of drug-likeness (QED) is 0.384. The van der Waals surface area contributed by atoms with Gasteiger partial charge in [0.1, 0.15) is 6.54 Å². The normalized spacial score (nSPS) is 15.4. The second-order valence-electron chi connectivity index (χ2n) is 7.70. The molecule has 0 spiro atoms. The standard InChI is InChI=1S/C27H26N2O2S/c1-2-17-28(25(30)14-13-21-9-5-3-6-10-21)20-26(31)29-18-15-24-23(16-19-32-24)27(29)22-11-7-4-8-12-22/h2-14,16,19,27H,1,15,17-18,20H2. The van der Waals surface area contributed by atoms with Gasteiger partial charge in [-0.15, -0.1) is 17.9 Å². The average molecular weight is 443 g/mol. The highest BCUT2D eigenvalue weighted by Gasteiger charge is 2.33. The highest BCUT2D eigenvalue weighted by atomic mass is 32.1. The van der Waals surface area contributed by atoms with Gasteiger partial charge in [0, 0.05) is 24.0 Å². The fourth-order valence-electron chi connectivity index (χ4n) is 4.06. The van der Waals surface area contributed by atoms with Gasteiger partial charge in [0.25, 0.3) is 0 Å². The number of nitrogens with zero attached hydrogens (tertiary/aromatic N) is 2. The third-order valence-corrected chi connectivity index (χ3v) is 6.60. The monoisotopic (exact) mass is 442 g/mol. The van der Waals surface area contributed by atoms with Crippen molar-refractivity contribution in [1.29, 1.82) is 0 Å². The van der Waals surface area contributed by atoms with Crippen molar-refractivity contribution >= 4 is 29.2 Å². The topological polar surface area (TPSA) is 40.6 Å². The first-order valence-electron chi connectivity index (χ1n) is 10.7. The Morgan fingerprint density at radius 1 is 1.06 bits per heavy atom. The van der Waals surface area contributed by atoms with Gasteiger partial charge in [-0.05, 0) is 40.6 Å². The fraction of sp³-hybridized carbons (Fsp3) is 0.185. The molecule has 2 amide bonds. The molecule has 0 saturated carbocycles. The van der Waals surface area contributed by atoms with Crippen LogP contribution in [0.1, 0.15) is 27.6 Å². The predicted molar refractivity (Wildman–Crippen MR) is 130 cm³/mol. The number of rotatable bonds is 7. The minimum absolute atomic E-state index is 0.0206. The summed E-state index contributed by atoms with van der Waals surface area (Å²) in [6.45, 7) is 4.74. The maximum atomic E-state index is 13.5. The SMILES string of the molecule is C=CCN(CC(=O)N1CCc2sccc2C1c1ccccc1)C(=O)C=Cc1ccccc1. The highest BCUT2D eigenvalue weighted by Crippen LogP contribution is 2.37. The number of hydrogen-bond acceptors (Lipinski definition) is 3. The maximum absolute atomic E-state index is 13.5. The molecule has 4 nitrogen and oxygen atoms in total. The zero-order valence-corrected chi connectivity index (χ0v) is 18.7. The van der Waals surface area contributed by atoms with Gasteiger partial charge < -0.3 is 9.80 Å². The number of amides is 2. The van der Waals surface area contributed by atoms with Gasteiger partial charge in [0.2, 0.25) is 11.8 Å². The summed E-state index contributed by atoms with van der Waals surface area (Å²) < 4.78 is 0. The van der Waals surface area contributed by atoms with Crippen molar-refractivity contribution in [2.24, 2.45) is 0 Å². The largest absolute Gasteiger partial charge is 0.330 e. The molecule has 2 aromatic carbocycles. The van der Waals surface area contributed by atoms with Crippen LogP contribution in [0.4, 0.5) is 0 Å². The third kappa shape index (κ3) is 4.89. The van der Waals surface area contributed by atoms with Crippen LogP contribution in [0.3, 0.4) is 0 Å². The molecule has 1 aliphatic heterocycles. The van der Waals surface area contributed by atoms with E-state index in [0.717, 1.165) is 17.5 Å². The predicted octanol–water partition coefficient (Wildman–Crippen LogP) is 4.95. The lowest BCUT2D eigenvalue weighted by Crippen LogP contribution is -2.46. The van der Waals surface area contributed by atoms with E-state index in [4.69, 9.17) is 0 Å². The zero-order chi connectivity index (χ0) is 22.3. The van der Waals surface area contributed by atoms with E-state index in [0.29, 0.717) is 13.1 Å². The number of hydrogen-bond donors (Lipinski definition) is 0. The molecule has 0 radical (unpaired) electrons. The molecule has 32 heavy (non-hydrogen) atoms. The number of thiophene rings is 1. The Morgan fingerprint density at radius 2 is 1.78 bits per heavy atom. The van der Waals surface area contributed by atoms with Crippen molar-refractivity contribution in [3.05, 3.63) is 112 Å². The Balaban J connectivity index is 1.54. The highest BCUT2D eigenvalue weighted by molar-refractivity contribution is 7.10. The molecule has 4 rings (SSSR count). The summed E-state index contributed by atoms with van der Waals surface area (Å²) >= 11 is 1.74. The lowest BCUT2D eigenvalue weighted by molar-refractivity contribution is -0.139. The number of benzene rings is 2. The molecule has 1 aromatic heterocycles. The van der Waals surface area contributed by atoms with Gasteiger partial charge >= 0.3 is 0 Å². The Bertz CT molecular complexity index is 1100. The van der Waals surface area contributed by atoms with Crippen molar-refractivity contribution < 1.29 is 9.59 Å². The van der Waals surface area contributed by atoms with Crippen molar-refractivity contribution in [1.82, 2.24) is 9.80 Å². The minimum Gasteiger partial charge on any atom is -0.330 e. The summed E-state index contributed by atoms with van der Waals surface area (Å²) in [6.07, 6.45) is 5.79. The van der Waals surface area contributed by atoms with Crippen LogP contribution in [0.2, 0.25) is 0 Å². The average Bonchev–Trinajstić information content (AvgIpc) is 3.31. The third-order valence-electron chi connectivity index (χ3n) is 5.61. The van der Waals surface area contributed by atoms with Crippen LogP contribution in [-0.2, 0) is 16.0 Å². The van der Waals surface area contributed by atoms with E-state index in [1.54, 1.807) is 28.4 Å². The van der Waals surface area contributed by atoms with Gasteiger partial charge in [-0.1, -0.05) is 66.7 Å². The summed E-state index contributed by atoms with van der Waals surface area (Å²) in [5.41, 5.74) is 3.22. The fourth-order valence-corrected chi connectivity index (χ4v) is 4.96. The van der Waals surface area contributed by atoms with Gasteiger partial charge in [0.05, 0.1) is 6.04 Å². The lowest BCUT2D eigenvalue weighted by Gasteiger charge is -2.37. The Kier molecular flexibility index (Phi) is 6.97. The van der Waals surface area contributed by atoms with Crippen LogP contribution in [0.5, 0.6) is 0 Å². The van der Waals surface area contributed by atoms with Crippen LogP contribution in [0.15, 0.2) is 90.8 Å². The Morgan fingerprint density at radius 3 is 2.50 bits per heavy atom. The Hall–Kier alpha value is -3.44. The molecule has 0 bridgehead atoms. The first-order chi connectivity index (χ1) is 15.7. The van der Waals surface area contributed by atoms with E-state index in [2.05, 4.69) is 30.2 Å². The molecular weight excluding hydrogens is 416 g/mol. The molecule has 1 atom stereocenters. The molecule has 1 unspecified atom stereocenters. The number of fused-ring (bicyclic) bond motifs is 1. The minimum atomic E-state index is -0.202. The van der Waals surface area contributed by atoms with Gasteiger partial charge in [-0.3, -0.25) is 9.59 Å². The molecule has 5 heteroatoms. The second-order valence-corrected chi connectivity index (χ2v) is 8.70. The van der Waals surface area contributed by atoms with Crippen LogP contribution < -0.4 is 0 Å². The van der Waals surface area contributed by atoms with Crippen LogP contribution in [0, 0.1) is 0 Å². The van der Waals surface area contributed by atoms with Crippen molar-refractivity contribution in [2.75, 3.05) is 19.6 Å². The van der Waals surface area contributed by atoms with Crippen LogP contribution in [-0.4, -0.2) is 41.2 Å². The molecule has 0 fully saturated rings. The molecule has 0 saturated heterocycles. The maximum Gasteiger partial charge on any atom is 0.247 e. The first kappa shape index (κ1) is 21.8. The molecule has 2 heterocycles. The van der Waals surface area contributed by atoms with Crippen LogP contribution >= 0.6 is 11.3 Å². The molecule has 162 valence electrons. The van der Waals surface area contributed by atoms with Crippen molar-refractivity contribution in [2.45, 2.75) is 12.5 Å². The van der Waals surface area contributed by atoms with E-state index < -0.39 is 0 Å². The Labute approximate surface area is 193 Å². The van der Waals surface area contributed by atoms with Crippen molar-refractivity contribution in [3.63, 3.8) is 0 Å². The summed E-state index contributed by atoms with van der Waals surface area (Å²) in [5, 5.41) is 2.09. The molecular formula is C27H26N2O2S.